The zero-order valence-electron chi connectivity index (χ0n) is 21.1. The Labute approximate surface area is 210 Å². The molecule has 7 rings (SSSR count). The van der Waals surface area contributed by atoms with Gasteiger partial charge in [0.15, 0.2) is 0 Å². The van der Waals surface area contributed by atoms with E-state index in [0.717, 1.165) is 55.4 Å². The Morgan fingerprint density at radius 1 is 0.829 bits per heavy atom. The molecular formula is C30H40N2O3. The van der Waals surface area contributed by atoms with Gasteiger partial charge in [0.25, 0.3) is 0 Å². The van der Waals surface area contributed by atoms with Gasteiger partial charge in [0.2, 0.25) is 0 Å². The Morgan fingerprint density at radius 3 is 1.97 bits per heavy atom. The summed E-state index contributed by atoms with van der Waals surface area (Å²) in [6.07, 6.45) is 8.14. The molecule has 1 N–H and O–H groups in total. The molecule has 0 amide bonds. The van der Waals surface area contributed by atoms with Gasteiger partial charge >= 0.3 is 0 Å². The highest BCUT2D eigenvalue weighted by Crippen LogP contribution is 2.60. The highest BCUT2D eigenvalue weighted by molar-refractivity contribution is 5.49. The number of hydrogen-bond donors (Lipinski definition) is 1. The van der Waals surface area contributed by atoms with Crippen LogP contribution in [0.4, 0.5) is 5.69 Å². The van der Waals surface area contributed by atoms with Crippen LogP contribution in [0.3, 0.4) is 0 Å². The van der Waals surface area contributed by atoms with Crippen LogP contribution < -0.4 is 14.4 Å². The lowest BCUT2D eigenvalue weighted by molar-refractivity contribution is -0.00522. The van der Waals surface area contributed by atoms with E-state index in [-0.39, 0.29) is 0 Å². The molecule has 2 aromatic rings. The molecule has 4 saturated carbocycles. The van der Waals surface area contributed by atoms with E-state index in [1.54, 1.807) is 7.11 Å². The number of benzene rings is 2. The van der Waals surface area contributed by atoms with Gasteiger partial charge in [-0.3, -0.25) is 4.90 Å². The summed E-state index contributed by atoms with van der Waals surface area (Å²) in [4.78, 5) is 4.73. The first-order valence-electron chi connectivity index (χ1n) is 13.6. The maximum atomic E-state index is 10.6. The molecule has 1 atom stereocenters. The van der Waals surface area contributed by atoms with E-state index in [2.05, 4.69) is 46.2 Å². The fourth-order valence-corrected chi connectivity index (χ4v) is 7.89. The maximum Gasteiger partial charge on any atom is 0.119 e. The molecule has 0 unspecified atom stereocenters. The molecule has 4 bridgehead atoms. The third kappa shape index (κ3) is 4.90. The van der Waals surface area contributed by atoms with Crippen LogP contribution in [-0.4, -0.2) is 62.6 Å². The van der Waals surface area contributed by atoms with Gasteiger partial charge in [-0.1, -0.05) is 12.1 Å². The summed E-state index contributed by atoms with van der Waals surface area (Å²) in [6, 6.07) is 17.2. The lowest BCUT2D eigenvalue weighted by atomic mass is 9.48. The molecule has 1 aliphatic heterocycles. The number of anilines is 1. The van der Waals surface area contributed by atoms with Crippen LogP contribution in [0.1, 0.15) is 44.1 Å². The topological polar surface area (TPSA) is 45.2 Å². The van der Waals surface area contributed by atoms with Crippen molar-refractivity contribution in [1.29, 1.82) is 0 Å². The quantitative estimate of drug-likeness (QED) is 0.597. The van der Waals surface area contributed by atoms with Crippen molar-refractivity contribution in [2.75, 3.05) is 51.3 Å². The van der Waals surface area contributed by atoms with Gasteiger partial charge in [-0.2, -0.15) is 0 Å². The summed E-state index contributed by atoms with van der Waals surface area (Å²) in [5.74, 6) is 4.65. The molecule has 1 saturated heterocycles. The summed E-state index contributed by atoms with van der Waals surface area (Å²) in [5.41, 5.74) is 3.19. The van der Waals surface area contributed by atoms with Crippen molar-refractivity contribution in [3.63, 3.8) is 0 Å². The number of piperazine rings is 1. The SMILES string of the molecule is COc1ccc(N2CCN(C[C@@H](O)COc3ccc(C45CC6CC(CC(C6)C4)C5)cc3)CC2)cc1. The zero-order valence-corrected chi connectivity index (χ0v) is 21.1. The van der Waals surface area contributed by atoms with Crippen molar-refractivity contribution < 1.29 is 14.6 Å². The average Bonchev–Trinajstić information content (AvgIpc) is 2.87. The molecule has 5 fully saturated rings. The van der Waals surface area contributed by atoms with E-state index >= 15 is 0 Å². The standard InChI is InChI=1S/C30H40N2O3/c1-34-28-8-4-26(5-9-28)32-12-10-31(11-13-32)20-27(33)21-35-29-6-2-25(3-7-29)30-17-22-14-23(18-30)16-24(15-22)19-30/h2-9,22-24,27,33H,10-21H2,1H3/t22?,23?,24?,27-,30?/m1/s1. The van der Waals surface area contributed by atoms with E-state index in [0.29, 0.717) is 18.6 Å². The Kier molecular flexibility index (Phi) is 6.40. The van der Waals surface area contributed by atoms with Crippen LogP contribution in [0.15, 0.2) is 48.5 Å². The predicted octanol–water partition coefficient (Wildman–Crippen LogP) is 4.72. The number of hydrogen-bond acceptors (Lipinski definition) is 5. The largest absolute Gasteiger partial charge is 0.497 e. The molecule has 0 spiro atoms. The number of nitrogens with zero attached hydrogens (tertiary/aromatic N) is 2. The fraction of sp³-hybridized carbons (Fsp3) is 0.600. The molecule has 2 aromatic carbocycles. The molecule has 0 aromatic heterocycles. The number of β-amino-alcohol motifs (C(OH)–C–C–N with tert-alkyl or cyclic N) is 1. The molecular weight excluding hydrogens is 436 g/mol. The van der Waals surface area contributed by atoms with Gasteiger partial charge in [-0.15, -0.1) is 0 Å². The second-order valence-corrected chi connectivity index (χ2v) is 11.7. The van der Waals surface area contributed by atoms with E-state index in [1.807, 2.05) is 12.1 Å². The summed E-state index contributed by atoms with van der Waals surface area (Å²) in [6.45, 7) is 4.82. The number of aliphatic hydroxyl groups is 1. The van der Waals surface area contributed by atoms with Crippen molar-refractivity contribution in [2.24, 2.45) is 17.8 Å². The highest BCUT2D eigenvalue weighted by Gasteiger charge is 2.51. The maximum absolute atomic E-state index is 10.6. The first-order chi connectivity index (χ1) is 17.1. The average molecular weight is 477 g/mol. The monoisotopic (exact) mass is 476 g/mol. The molecule has 0 radical (unpaired) electrons. The van der Waals surface area contributed by atoms with Gasteiger partial charge in [-0.25, -0.2) is 0 Å². The fourth-order valence-electron chi connectivity index (χ4n) is 7.89. The molecule has 1 heterocycles. The Balaban J connectivity index is 0.964. The third-order valence-electron chi connectivity index (χ3n) is 9.23. The highest BCUT2D eigenvalue weighted by atomic mass is 16.5. The first-order valence-corrected chi connectivity index (χ1v) is 13.6. The van der Waals surface area contributed by atoms with Crippen LogP contribution in [0.5, 0.6) is 11.5 Å². The Hall–Kier alpha value is -2.24. The second-order valence-electron chi connectivity index (χ2n) is 11.7. The minimum Gasteiger partial charge on any atom is -0.497 e. The van der Waals surface area contributed by atoms with Gasteiger partial charge in [0, 0.05) is 38.4 Å². The van der Waals surface area contributed by atoms with Crippen LogP contribution in [0, 0.1) is 17.8 Å². The molecule has 35 heavy (non-hydrogen) atoms. The van der Waals surface area contributed by atoms with Crippen LogP contribution in [0.25, 0.3) is 0 Å². The number of aliphatic hydroxyl groups excluding tert-OH is 1. The molecule has 4 aliphatic carbocycles. The number of ether oxygens (including phenoxy) is 2. The van der Waals surface area contributed by atoms with Crippen molar-refractivity contribution in [2.45, 2.75) is 50.0 Å². The summed E-state index contributed by atoms with van der Waals surface area (Å²) >= 11 is 0. The smallest absolute Gasteiger partial charge is 0.119 e. The van der Waals surface area contributed by atoms with Crippen molar-refractivity contribution in [3.05, 3.63) is 54.1 Å². The van der Waals surface area contributed by atoms with E-state index in [4.69, 9.17) is 9.47 Å². The van der Waals surface area contributed by atoms with E-state index in [9.17, 15) is 5.11 Å². The van der Waals surface area contributed by atoms with Gasteiger partial charge in [0.05, 0.1) is 7.11 Å². The molecule has 188 valence electrons. The minimum atomic E-state index is -0.481. The van der Waals surface area contributed by atoms with Crippen LogP contribution >= 0.6 is 0 Å². The van der Waals surface area contributed by atoms with Crippen molar-refractivity contribution in [1.82, 2.24) is 4.90 Å². The number of methoxy groups -OCH3 is 1. The van der Waals surface area contributed by atoms with Crippen molar-refractivity contribution >= 4 is 5.69 Å². The van der Waals surface area contributed by atoms with Gasteiger partial charge < -0.3 is 19.5 Å². The van der Waals surface area contributed by atoms with Gasteiger partial charge in [0.1, 0.15) is 24.2 Å². The Bertz CT molecular complexity index is 946. The summed E-state index contributed by atoms with van der Waals surface area (Å²) < 4.78 is 11.3. The van der Waals surface area contributed by atoms with E-state index < -0.39 is 6.10 Å². The molecule has 5 aliphatic rings. The minimum absolute atomic E-state index is 0.343. The lowest BCUT2D eigenvalue weighted by Crippen LogP contribution is -2.49. The number of rotatable bonds is 8. The molecule has 5 heteroatoms. The first kappa shape index (κ1) is 23.2. The Morgan fingerprint density at radius 2 is 1.40 bits per heavy atom. The van der Waals surface area contributed by atoms with Crippen LogP contribution in [-0.2, 0) is 5.41 Å². The second kappa shape index (κ2) is 9.67. The normalized spacial score (nSPS) is 30.9. The van der Waals surface area contributed by atoms with Gasteiger partial charge in [-0.05, 0) is 104 Å². The lowest BCUT2D eigenvalue weighted by Gasteiger charge is -2.57. The predicted molar refractivity (Wildman–Crippen MR) is 139 cm³/mol. The van der Waals surface area contributed by atoms with E-state index in [1.165, 1.54) is 49.8 Å². The van der Waals surface area contributed by atoms with Crippen molar-refractivity contribution in [3.8, 4) is 11.5 Å². The molecule has 5 nitrogen and oxygen atoms in total. The third-order valence-corrected chi connectivity index (χ3v) is 9.23. The van der Waals surface area contributed by atoms with Crippen LogP contribution in [0.2, 0.25) is 0 Å². The summed E-state index contributed by atoms with van der Waals surface area (Å²) in [7, 11) is 1.70. The summed E-state index contributed by atoms with van der Waals surface area (Å²) in [5, 5.41) is 10.6. The zero-order chi connectivity index (χ0) is 23.8.